The lowest BCUT2D eigenvalue weighted by molar-refractivity contribution is 0.319. The molecule has 0 aliphatic rings. The largest absolute Gasteiger partial charge is 0.493 e. The Balaban J connectivity index is 1.61. The maximum Gasteiger partial charge on any atom is 0.124 e. The molecule has 3 rings (SSSR count). The number of benzene rings is 3. The van der Waals surface area contributed by atoms with E-state index in [9.17, 15) is 0 Å². The van der Waals surface area contributed by atoms with E-state index in [0.717, 1.165) is 34.0 Å². The van der Waals surface area contributed by atoms with E-state index in [1.54, 1.807) is 0 Å². The Hall–Kier alpha value is -2.45. The molecule has 0 amide bonds. The van der Waals surface area contributed by atoms with Gasteiger partial charge >= 0.3 is 0 Å². The van der Waals surface area contributed by atoms with Crippen LogP contribution >= 0.6 is 11.6 Å². The zero-order valence-corrected chi connectivity index (χ0v) is 15.1. The summed E-state index contributed by atoms with van der Waals surface area (Å²) < 4.78 is 6.02. The smallest absolute Gasteiger partial charge is 0.124 e. The summed E-state index contributed by atoms with van der Waals surface area (Å²) in [7, 11) is 0. The highest BCUT2D eigenvalue weighted by Gasteiger charge is 2.06. The molecule has 25 heavy (non-hydrogen) atoms. The minimum absolute atomic E-state index is 0.664. The van der Waals surface area contributed by atoms with E-state index in [-0.39, 0.29) is 0 Å². The highest BCUT2D eigenvalue weighted by molar-refractivity contribution is 6.31. The van der Waals surface area contributed by atoms with Crippen molar-refractivity contribution < 1.29 is 4.74 Å². The van der Waals surface area contributed by atoms with Gasteiger partial charge in [-0.05, 0) is 36.2 Å². The summed E-state index contributed by atoms with van der Waals surface area (Å²) in [5.74, 6) is 0.922. The lowest BCUT2D eigenvalue weighted by Gasteiger charge is -2.14. The van der Waals surface area contributed by atoms with Gasteiger partial charge in [-0.2, -0.15) is 0 Å². The molecule has 0 aromatic heterocycles. The first kappa shape index (κ1) is 17.4. The first-order chi connectivity index (χ1) is 12.2. The fraction of sp³-hybridized carbons (Fsp3) is 0.182. The number of anilines is 1. The molecule has 0 saturated carbocycles. The molecular weight excluding hydrogens is 330 g/mol. The molecule has 1 N–H and O–H groups in total. The first-order valence-corrected chi connectivity index (χ1v) is 8.85. The van der Waals surface area contributed by atoms with Crippen molar-refractivity contribution in [2.24, 2.45) is 0 Å². The van der Waals surface area contributed by atoms with Gasteiger partial charge in [0.05, 0.1) is 6.61 Å². The second-order valence-electron chi connectivity index (χ2n) is 5.96. The maximum atomic E-state index is 6.19. The first-order valence-electron chi connectivity index (χ1n) is 8.47. The average molecular weight is 352 g/mol. The van der Waals surface area contributed by atoms with E-state index in [1.165, 1.54) is 5.56 Å². The van der Waals surface area contributed by atoms with Crippen molar-refractivity contribution in [3.63, 3.8) is 0 Å². The van der Waals surface area contributed by atoms with E-state index in [2.05, 4.69) is 35.6 Å². The van der Waals surface area contributed by atoms with Crippen LogP contribution in [0.25, 0.3) is 0 Å². The van der Waals surface area contributed by atoms with Crippen LogP contribution in [0.1, 0.15) is 16.7 Å². The maximum absolute atomic E-state index is 6.19. The van der Waals surface area contributed by atoms with E-state index in [4.69, 9.17) is 16.3 Å². The van der Waals surface area contributed by atoms with E-state index >= 15 is 0 Å². The fourth-order valence-electron chi connectivity index (χ4n) is 2.70. The normalized spacial score (nSPS) is 10.5. The summed E-state index contributed by atoms with van der Waals surface area (Å²) in [6.07, 6.45) is 0.899. The molecule has 0 aliphatic carbocycles. The quantitative estimate of drug-likeness (QED) is 0.573. The van der Waals surface area contributed by atoms with Crippen molar-refractivity contribution >= 4 is 17.3 Å². The van der Waals surface area contributed by atoms with Gasteiger partial charge in [-0.3, -0.25) is 0 Å². The molecule has 0 heterocycles. The standard InChI is InChI=1S/C22H22ClNO/c1-17-20(23)11-7-12-21(17)24-16-19-10-5-6-13-22(19)25-15-14-18-8-3-2-4-9-18/h2-13,24H,14-16H2,1H3. The van der Waals surface area contributed by atoms with Crippen LogP contribution in [0.3, 0.4) is 0 Å². The third-order valence-corrected chi connectivity index (χ3v) is 4.61. The minimum Gasteiger partial charge on any atom is -0.493 e. The van der Waals surface area contributed by atoms with Crippen molar-refractivity contribution in [1.29, 1.82) is 0 Å². The van der Waals surface area contributed by atoms with Crippen LogP contribution in [0.4, 0.5) is 5.69 Å². The summed E-state index contributed by atoms with van der Waals surface area (Å²) in [6.45, 7) is 3.38. The van der Waals surface area contributed by atoms with Crippen LogP contribution in [0, 0.1) is 6.92 Å². The Kier molecular flexibility index (Phi) is 5.97. The fourth-order valence-corrected chi connectivity index (χ4v) is 2.88. The number of ether oxygens (including phenoxy) is 1. The second kappa shape index (κ2) is 8.59. The summed E-state index contributed by atoms with van der Waals surface area (Å²) in [4.78, 5) is 0. The van der Waals surface area contributed by atoms with Crippen LogP contribution in [0.5, 0.6) is 5.75 Å². The van der Waals surface area contributed by atoms with Crippen molar-refractivity contribution in [1.82, 2.24) is 0 Å². The highest BCUT2D eigenvalue weighted by Crippen LogP contribution is 2.25. The number of hydrogen-bond donors (Lipinski definition) is 1. The van der Waals surface area contributed by atoms with Gasteiger partial charge < -0.3 is 10.1 Å². The second-order valence-corrected chi connectivity index (χ2v) is 6.36. The molecule has 0 unspecified atom stereocenters. The number of rotatable bonds is 7. The van der Waals surface area contributed by atoms with Gasteiger partial charge in [0.2, 0.25) is 0 Å². The van der Waals surface area contributed by atoms with Crippen LogP contribution in [-0.2, 0) is 13.0 Å². The van der Waals surface area contributed by atoms with Gasteiger partial charge in [-0.25, -0.2) is 0 Å². The van der Waals surface area contributed by atoms with Crippen LogP contribution in [-0.4, -0.2) is 6.61 Å². The predicted octanol–water partition coefficient (Wildman–Crippen LogP) is 5.88. The van der Waals surface area contributed by atoms with Crippen molar-refractivity contribution in [3.05, 3.63) is 94.5 Å². The third kappa shape index (κ3) is 4.77. The molecular formula is C22H22ClNO. The molecule has 0 fully saturated rings. The Morgan fingerprint density at radius 3 is 2.48 bits per heavy atom. The predicted molar refractivity (Wildman–Crippen MR) is 106 cm³/mol. The van der Waals surface area contributed by atoms with Gasteiger partial charge in [-0.1, -0.05) is 66.2 Å². The Labute approximate surface area is 154 Å². The van der Waals surface area contributed by atoms with Crippen LogP contribution in [0.15, 0.2) is 72.8 Å². The number of nitrogens with one attached hydrogen (secondary N) is 1. The summed E-state index contributed by atoms with van der Waals surface area (Å²) in [6, 6.07) is 24.4. The van der Waals surface area contributed by atoms with E-state index in [1.807, 2.05) is 49.4 Å². The molecule has 0 atom stereocenters. The van der Waals surface area contributed by atoms with Gasteiger partial charge in [-0.15, -0.1) is 0 Å². The van der Waals surface area contributed by atoms with Crippen molar-refractivity contribution in [2.75, 3.05) is 11.9 Å². The summed E-state index contributed by atoms with van der Waals surface area (Å²) in [5, 5.41) is 4.23. The molecule has 128 valence electrons. The highest BCUT2D eigenvalue weighted by atomic mass is 35.5. The molecule has 3 aromatic carbocycles. The van der Waals surface area contributed by atoms with Gasteiger partial charge in [0.15, 0.2) is 0 Å². The minimum atomic E-state index is 0.664. The Morgan fingerprint density at radius 1 is 0.880 bits per heavy atom. The zero-order chi connectivity index (χ0) is 17.5. The Morgan fingerprint density at radius 2 is 1.64 bits per heavy atom. The van der Waals surface area contributed by atoms with Crippen molar-refractivity contribution in [2.45, 2.75) is 19.9 Å². The van der Waals surface area contributed by atoms with E-state index in [0.29, 0.717) is 13.2 Å². The monoisotopic (exact) mass is 351 g/mol. The number of hydrogen-bond acceptors (Lipinski definition) is 2. The summed E-state index contributed by atoms with van der Waals surface area (Å²) in [5.41, 5.74) is 4.53. The lowest BCUT2D eigenvalue weighted by atomic mass is 10.1. The molecule has 0 radical (unpaired) electrons. The lowest BCUT2D eigenvalue weighted by Crippen LogP contribution is -2.06. The molecule has 0 saturated heterocycles. The molecule has 3 heteroatoms. The van der Waals surface area contributed by atoms with Gasteiger partial charge in [0, 0.05) is 29.2 Å². The molecule has 0 aliphatic heterocycles. The van der Waals surface area contributed by atoms with Crippen LogP contribution in [0.2, 0.25) is 5.02 Å². The van der Waals surface area contributed by atoms with E-state index < -0.39 is 0 Å². The molecule has 3 aromatic rings. The third-order valence-electron chi connectivity index (χ3n) is 4.20. The SMILES string of the molecule is Cc1c(Cl)cccc1NCc1ccccc1OCCc1ccccc1. The van der Waals surface area contributed by atoms with Gasteiger partial charge in [0.1, 0.15) is 5.75 Å². The molecule has 2 nitrogen and oxygen atoms in total. The average Bonchev–Trinajstić information content (AvgIpc) is 2.65. The van der Waals surface area contributed by atoms with Crippen LogP contribution < -0.4 is 10.1 Å². The topological polar surface area (TPSA) is 21.3 Å². The molecule has 0 spiro atoms. The number of para-hydroxylation sites is 1. The number of halogens is 1. The summed E-state index contributed by atoms with van der Waals surface area (Å²) >= 11 is 6.19. The zero-order valence-electron chi connectivity index (χ0n) is 14.3. The van der Waals surface area contributed by atoms with Crippen molar-refractivity contribution in [3.8, 4) is 5.75 Å². The Bertz CT molecular complexity index is 817. The molecule has 0 bridgehead atoms. The van der Waals surface area contributed by atoms with Gasteiger partial charge in [0.25, 0.3) is 0 Å².